The van der Waals surface area contributed by atoms with Gasteiger partial charge < -0.3 is 14.9 Å². The van der Waals surface area contributed by atoms with Crippen molar-refractivity contribution in [3.63, 3.8) is 0 Å². The van der Waals surface area contributed by atoms with E-state index in [4.69, 9.17) is 5.53 Å². The third kappa shape index (κ3) is 5.04. The molecule has 0 aliphatic rings. The number of hydrogen-bond donors (Lipinski definition) is 2. The van der Waals surface area contributed by atoms with Gasteiger partial charge in [0, 0.05) is 4.91 Å². The van der Waals surface area contributed by atoms with Crippen molar-refractivity contribution < 1.29 is 28.1 Å². The zero-order valence-corrected chi connectivity index (χ0v) is 9.45. The van der Waals surface area contributed by atoms with E-state index in [1.54, 1.807) is 0 Å². The van der Waals surface area contributed by atoms with Crippen LogP contribution in [0.1, 0.15) is 11.7 Å². The lowest BCUT2D eigenvalue weighted by Gasteiger charge is -2.17. The van der Waals surface area contributed by atoms with E-state index in [1.165, 1.54) is 12.1 Å². The van der Waals surface area contributed by atoms with Gasteiger partial charge in [-0.3, -0.25) is 0 Å². The minimum atomic E-state index is -4.84. The normalized spacial score (nSPS) is 14.4. The lowest BCUT2D eigenvalue weighted by Crippen LogP contribution is -2.21. The highest BCUT2D eigenvalue weighted by molar-refractivity contribution is 5.30. The topological polar surface area (TPSA) is 98.5 Å². The minimum Gasteiger partial charge on any atom is -0.406 e. The molecule has 1 rings (SSSR count). The van der Waals surface area contributed by atoms with E-state index in [9.17, 15) is 23.4 Å². The Bertz CT molecular complexity index is 475. The summed E-state index contributed by atoms with van der Waals surface area (Å²) < 4.78 is 39.7. The van der Waals surface area contributed by atoms with Crippen LogP contribution in [0.25, 0.3) is 10.4 Å². The Hall–Kier alpha value is -1.96. The third-order valence-corrected chi connectivity index (χ3v) is 2.13. The monoisotopic (exact) mass is 277 g/mol. The molecular formula is C10H10F3N3O3. The second kappa shape index (κ2) is 6.28. The summed E-state index contributed by atoms with van der Waals surface area (Å²) in [6.07, 6.45) is -7.74. The Morgan fingerprint density at radius 3 is 2.63 bits per heavy atom. The lowest BCUT2D eigenvalue weighted by atomic mass is 10.0. The van der Waals surface area contributed by atoms with Gasteiger partial charge in [-0.2, -0.15) is 0 Å². The second-order valence-electron chi connectivity index (χ2n) is 3.55. The minimum absolute atomic E-state index is 0.0161. The molecule has 0 aliphatic carbocycles. The van der Waals surface area contributed by atoms with Gasteiger partial charge in [0.1, 0.15) is 11.9 Å². The van der Waals surface area contributed by atoms with Gasteiger partial charge in [0.25, 0.3) is 0 Å². The van der Waals surface area contributed by atoms with Crippen molar-refractivity contribution in [2.75, 3.05) is 6.54 Å². The first-order valence-corrected chi connectivity index (χ1v) is 5.06. The largest absolute Gasteiger partial charge is 0.573 e. The smallest absolute Gasteiger partial charge is 0.406 e. The molecule has 0 amide bonds. The van der Waals surface area contributed by atoms with Crippen LogP contribution < -0.4 is 4.74 Å². The molecule has 0 aromatic heterocycles. The Kier molecular flexibility index (Phi) is 4.99. The first-order chi connectivity index (χ1) is 8.83. The Morgan fingerprint density at radius 1 is 1.37 bits per heavy atom. The number of hydrogen-bond acceptors (Lipinski definition) is 4. The van der Waals surface area contributed by atoms with E-state index in [-0.39, 0.29) is 5.56 Å². The summed E-state index contributed by atoms with van der Waals surface area (Å²) in [4.78, 5) is 2.40. The quantitative estimate of drug-likeness (QED) is 0.490. The Morgan fingerprint density at radius 2 is 2.05 bits per heavy atom. The molecule has 2 N–H and O–H groups in total. The van der Waals surface area contributed by atoms with Gasteiger partial charge in [-0.15, -0.1) is 13.2 Å². The molecule has 0 bridgehead atoms. The first-order valence-electron chi connectivity index (χ1n) is 5.06. The fourth-order valence-electron chi connectivity index (χ4n) is 1.34. The van der Waals surface area contributed by atoms with Crippen LogP contribution in [0.4, 0.5) is 13.2 Å². The number of alkyl halides is 3. The molecule has 1 aromatic carbocycles. The zero-order valence-electron chi connectivity index (χ0n) is 9.45. The van der Waals surface area contributed by atoms with Crippen molar-refractivity contribution in [1.29, 1.82) is 0 Å². The van der Waals surface area contributed by atoms with Gasteiger partial charge in [0.2, 0.25) is 0 Å². The molecule has 2 unspecified atom stereocenters. The molecule has 1 aromatic rings. The highest BCUT2D eigenvalue weighted by Gasteiger charge is 2.31. The van der Waals surface area contributed by atoms with Crippen LogP contribution in [0.2, 0.25) is 0 Å². The number of aliphatic hydroxyl groups excluding tert-OH is 2. The van der Waals surface area contributed by atoms with Gasteiger partial charge >= 0.3 is 6.36 Å². The van der Waals surface area contributed by atoms with Gasteiger partial charge in [0.15, 0.2) is 0 Å². The Balaban J connectivity index is 2.83. The Labute approximate surface area is 105 Å². The summed E-state index contributed by atoms with van der Waals surface area (Å²) in [5, 5.41) is 22.2. The number of rotatable bonds is 5. The molecule has 0 saturated heterocycles. The van der Waals surface area contributed by atoms with Crippen molar-refractivity contribution >= 4 is 0 Å². The number of nitrogens with zero attached hydrogens (tertiary/aromatic N) is 3. The fraction of sp³-hybridized carbons (Fsp3) is 0.400. The van der Waals surface area contributed by atoms with E-state index in [2.05, 4.69) is 14.8 Å². The maximum Gasteiger partial charge on any atom is 0.573 e. The summed E-state index contributed by atoms with van der Waals surface area (Å²) in [6.45, 7) is -0.401. The first kappa shape index (κ1) is 15.1. The number of halogens is 3. The van der Waals surface area contributed by atoms with E-state index in [0.717, 1.165) is 12.1 Å². The predicted octanol–water partition coefficient (Wildman–Crippen LogP) is 2.29. The number of azide groups is 1. The van der Waals surface area contributed by atoms with Crippen LogP contribution in [-0.2, 0) is 0 Å². The summed E-state index contributed by atoms with van der Waals surface area (Å²) in [6, 6.07) is 4.55. The summed E-state index contributed by atoms with van der Waals surface area (Å²) in [5.41, 5.74) is 8.08. The van der Waals surface area contributed by atoms with Gasteiger partial charge in [0.05, 0.1) is 12.6 Å². The van der Waals surface area contributed by atoms with Gasteiger partial charge in [-0.25, -0.2) is 0 Å². The predicted molar refractivity (Wildman–Crippen MR) is 58.1 cm³/mol. The van der Waals surface area contributed by atoms with E-state index < -0.39 is 30.9 Å². The fourth-order valence-corrected chi connectivity index (χ4v) is 1.34. The van der Waals surface area contributed by atoms with E-state index in [0.29, 0.717) is 0 Å². The van der Waals surface area contributed by atoms with Crippen molar-refractivity contribution in [1.82, 2.24) is 0 Å². The molecule has 0 saturated carbocycles. The number of ether oxygens (including phenoxy) is 1. The molecule has 0 heterocycles. The van der Waals surface area contributed by atoms with Crippen molar-refractivity contribution in [3.05, 3.63) is 40.3 Å². The van der Waals surface area contributed by atoms with Crippen LogP contribution in [0, 0.1) is 0 Å². The standard InChI is InChI=1S/C10H10F3N3O3/c11-10(12,13)19-7-3-1-2-6(4-7)9(18)8(17)5-15-16-14/h1-4,8-9,17-18H,5H2. The molecule has 6 nitrogen and oxygen atoms in total. The maximum atomic E-state index is 12.0. The molecule has 0 fully saturated rings. The van der Waals surface area contributed by atoms with E-state index in [1.807, 2.05) is 0 Å². The second-order valence-corrected chi connectivity index (χ2v) is 3.55. The average Bonchev–Trinajstić information content (AvgIpc) is 2.33. The molecule has 0 radical (unpaired) electrons. The van der Waals surface area contributed by atoms with Gasteiger partial charge in [-0.1, -0.05) is 17.2 Å². The van der Waals surface area contributed by atoms with Crippen LogP contribution >= 0.6 is 0 Å². The van der Waals surface area contributed by atoms with Crippen molar-refractivity contribution in [3.8, 4) is 5.75 Å². The van der Waals surface area contributed by atoms with Gasteiger partial charge in [-0.05, 0) is 23.2 Å². The highest BCUT2D eigenvalue weighted by atomic mass is 19.4. The van der Waals surface area contributed by atoms with Crippen LogP contribution in [-0.4, -0.2) is 29.2 Å². The third-order valence-electron chi connectivity index (χ3n) is 2.13. The SMILES string of the molecule is [N-]=[N+]=NCC(O)C(O)c1cccc(OC(F)(F)F)c1. The van der Waals surface area contributed by atoms with Crippen LogP contribution in [0.3, 0.4) is 0 Å². The molecule has 2 atom stereocenters. The zero-order chi connectivity index (χ0) is 14.5. The summed E-state index contributed by atoms with van der Waals surface area (Å²) >= 11 is 0. The van der Waals surface area contributed by atoms with Crippen molar-refractivity contribution in [2.45, 2.75) is 18.6 Å². The molecule has 19 heavy (non-hydrogen) atoms. The lowest BCUT2D eigenvalue weighted by molar-refractivity contribution is -0.274. The van der Waals surface area contributed by atoms with Crippen LogP contribution in [0.5, 0.6) is 5.75 Å². The van der Waals surface area contributed by atoms with Crippen LogP contribution in [0.15, 0.2) is 29.4 Å². The molecule has 0 aliphatic heterocycles. The van der Waals surface area contributed by atoms with Crippen molar-refractivity contribution in [2.24, 2.45) is 5.11 Å². The molecular weight excluding hydrogens is 267 g/mol. The average molecular weight is 277 g/mol. The number of aliphatic hydroxyl groups is 2. The highest BCUT2D eigenvalue weighted by Crippen LogP contribution is 2.26. The number of benzene rings is 1. The van der Waals surface area contributed by atoms with E-state index >= 15 is 0 Å². The summed E-state index contributed by atoms with van der Waals surface area (Å²) in [7, 11) is 0. The maximum absolute atomic E-state index is 12.0. The molecule has 0 spiro atoms. The summed E-state index contributed by atoms with van der Waals surface area (Å²) in [5.74, 6) is -0.514. The molecule has 104 valence electrons. The molecule has 9 heteroatoms.